The molecule has 5 nitrogen and oxygen atoms in total. The molecule has 5 aromatic rings. The van der Waals surface area contributed by atoms with Crippen molar-refractivity contribution in [3.8, 4) is 28.6 Å². The van der Waals surface area contributed by atoms with E-state index in [4.69, 9.17) is 9.47 Å². The molecule has 0 N–H and O–H groups in total. The molecule has 0 fully saturated rings. The van der Waals surface area contributed by atoms with Gasteiger partial charge in [0.25, 0.3) is 0 Å². The summed E-state index contributed by atoms with van der Waals surface area (Å²) < 4.78 is 57.0. The van der Waals surface area contributed by atoms with Gasteiger partial charge in [0.15, 0.2) is 23.2 Å². The number of ether oxygens (including phenoxy) is 2. The summed E-state index contributed by atoms with van der Waals surface area (Å²) in [6.07, 6.45) is 0.0585. The van der Waals surface area contributed by atoms with Crippen molar-refractivity contribution in [2.24, 2.45) is 0 Å². The number of carbonyl (C=O) groups excluding carboxylic acids is 1. The van der Waals surface area contributed by atoms with Crippen LogP contribution in [0.4, 0.5) is 13.2 Å². The Labute approximate surface area is 241 Å². The van der Waals surface area contributed by atoms with Gasteiger partial charge in [-0.2, -0.15) is 5.26 Å². The summed E-state index contributed by atoms with van der Waals surface area (Å²) in [5, 5.41) is 10.2. The normalized spacial score (nSPS) is 11.4. The fourth-order valence-corrected chi connectivity index (χ4v) is 5.18. The molecule has 0 aliphatic rings. The van der Waals surface area contributed by atoms with Crippen molar-refractivity contribution < 1.29 is 27.4 Å². The highest BCUT2D eigenvalue weighted by Crippen LogP contribution is 2.48. The SMILES string of the molecule is COC(=O)c1ccc(-c2c(C(C)(C)CC#N)n(-c3ccc(F)c(F)c3)c3ccc(F)c(OCc4ccccc4)c23)cc1. The molecule has 1 heterocycles. The Morgan fingerprint density at radius 2 is 1.60 bits per heavy atom. The minimum Gasteiger partial charge on any atom is -0.485 e. The van der Waals surface area contributed by atoms with Gasteiger partial charge >= 0.3 is 5.97 Å². The van der Waals surface area contributed by atoms with Crippen molar-refractivity contribution in [2.45, 2.75) is 32.3 Å². The van der Waals surface area contributed by atoms with Gasteiger partial charge in [0.05, 0.1) is 29.6 Å². The lowest BCUT2D eigenvalue weighted by Gasteiger charge is -2.26. The predicted octanol–water partition coefficient (Wildman–Crippen LogP) is 8.27. The number of carbonyl (C=O) groups is 1. The molecule has 0 unspecified atom stereocenters. The monoisotopic (exact) mass is 568 g/mol. The summed E-state index contributed by atoms with van der Waals surface area (Å²) >= 11 is 0. The van der Waals surface area contributed by atoms with Crippen molar-refractivity contribution >= 4 is 16.9 Å². The Morgan fingerprint density at radius 1 is 0.905 bits per heavy atom. The van der Waals surface area contributed by atoms with E-state index in [-0.39, 0.29) is 24.5 Å². The predicted molar refractivity (Wildman–Crippen MR) is 154 cm³/mol. The first kappa shape index (κ1) is 28.5. The average molecular weight is 569 g/mol. The molecule has 0 aliphatic heterocycles. The standard InChI is InChI=1S/C34H27F3N2O3/c1-34(2,17-18-38)32-29(22-9-11-23(12-10-22)33(40)41-3)30-28(39(32)24-13-14-25(35)27(37)19-24)16-15-26(36)31(30)42-20-21-7-5-4-6-8-21/h4-16,19H,17,20H2,1-3H3. The minimum atomic E-state index is -1.05. The molecule has 0 saturated heterocycles. The van der Waals surface area contributed by atoms with E-state index in [9.17, 15) is 18.8 Å². The Kier molecular flexibility index (Phi) is 7.77. The molecule has 212 valence electrons. The van der Waals surface area contributed by atoms with Crippen molar-refractivity contribution in [2.75, 3.05) is 7.11 Å². The number of hydrogen-bond acceptors (Lipinski definition) is 4. The molecule has 5 rings (SSSR count). The van der Waals surface area contributed by atoms with Crippen LogP contribution in [0, 0.1) is 28.8 Å². The van der Waals surface area contributed by atoms with Crippen LogP contribution in [0.5, 0.6) is 5.75 Å². The highest BCUT2D eigenvalue weighted by molar-refractivity contribution is 6.04. The third-order valence-corrected chi connectivity index (χ3v) is 7.18. The molecule has 0 radical (unpaired) electrons. The number of nitriles is 1. The molecule has 0 atom stereocenters. The number of benzene rings is 4. The summed E-state index contributed by atoms with van der Waals surface area (Å²) in [5.74, 6) is -3.22. The van der Waals surface area contributed by atoms with E-state index in [2.05, 4.69) is 6.07 Å². The van der Waals surface area contributed by atoms with Gasteiger partial charge in [0, 0.05) is 34.8 Å². The van der Waals surface area contributed by atoms with Crippen LogP contribution in [0.3, 0.4) is 0 Å². The topological polar surface area (TPSA) is 64.2 Å². The zero-order valence-electron chi connectivity index (χ0n) is 23.3. The lowest BCUT2D eigenvalue weighted by Crippen LogP contribution is -2.22. The third kappa shape index (κ3) is 5.21. The van der Waals surface area contributed by atoms with E-state index < -0.39 is 28.8 Å². The van der Waals surface area contributed by atoms with Crippen LogP contribution < -0.4 is 4.74 Å². The van der Waals surface area contributed by atoms with Crippen LogP contribution in [-0.2, 0) is 16.8 Å². The lowest BCUT2D eigenvalue weighted by atomic mass is 9.81. The highest BCUT2D eigenvalue weighted by Gasteiger charge is 2.34. The van der Waals surface area contributed by atoms with Crippen molar-refractivity contribution in [1.29, 1.82) is 5.26 Å². The molecule has 0 saturated carbocycles. The second-order valence-electron chi connectivity index (χ2n) is 10.5. The highest BCUT2D eigenvalue weighted by atomic mass is 19.2. The number of rotatable bonds is 8. The molecule has 0 bridgehead atoms. The van der Waals surface area contributed by atoms with Crippen LogP contribution in [0.15, 0.2) is 84.9 Å². The average Bonchev–Trinajstić information content (AvgIpc) is 3.34. The fourth-order valence-electron chi connectivity index (χ4n) is 5.18. The lowest BCUT2D eigenvalue weighted by molar-refractivity contribution is 0.0600. The molecule has 8 heteroatoms. The first-order chi connectivity index (χ1) is 20.2. The summed E-state index contributed by atoms with van der Waals surface area (Å²) in [6, 6.07) is 24.4. The van der Waals surface area contributed by atoms with E-state index in [1.54, 1.807) is 34.9 Å². The summed E-state index contributed by atoms with van der Waals surface area (Å²) in [4.78, 5) is 12.2. The number of hydrogen-bond donors (Lipinski definition) is 0. The number of fused-ring (bicyclic) bond motifs is 1. The number of methoxy groups -OCH3 is 1. The first-order valence-corrected chi connectivity index (χ1v) is 13.2. The van der Waals surface area contributed by atoms with E-state index in [0.29, 0.717) is 33.3 Å². The number of nitrogens with zero attached hydrogens (tertiary/aromatic N) is 2. The maximum Gasteiger partial charge on any atom is 0.337 e. The largest absolute Gasteiger partial charge is 0.485 e. The van der Waals surface area contributed by atoms with E-state index in [1.807, 2.05) is 44.2 Å². The Morgan fingerprint density at radius 3 is 2.24 bits per heavy atom. The van der Waals surface area contributed by atoms with Gasteiger partial charge in [0.1, 0.15) is 6.61 Å². The van der Waals surface area contributed by atoms with Crippen molar-refractivity contribution in [3.63, 3.8) is 0 Å². The van der Waals surface area contributed by atoms with E-state index >= 15 is 4.39 Å². The zero-order valence-corrected chi connectivity index (χ0v) is 23.3. The number of aromatic nitrogens is 1. The Bertz CT molecular complexity index is 1820. The summed E-state index contributed by atoms with van der Waals surface area (Å²) in [6.45, 7) is 3.78. The van der Waals surface area contributed by atoms with Gasteiger partial charge in [-0.1, -0.05) is 56.3 Å². The molecule has 1 aromatic heterocycles. The second kappa shape index (κ2) is 11.5. The van der Waals surface area contributed by atoms with Crippen molar-refractivity contribution in [1.82, 2.24) is 4.57 Å². The quantitative estimate of drug-likeness (QED) is 0.177. The van der Waals surface area contributed by atoms with Gasteiger partial charge in [-0.3, -0.25) is 0 Å². The van der Waals surface area contributed by atoms with Crippen molar-refractivity contribution in [3.05, 3.63) is 119 Å². The third-order valence-electron chi connectivity index (χ3n) is 7.18. The maximum absolute atomic E-state index is 15.7. The zero-order chi connectivity index (χ0) is 30.0. The summed E-state index contributed by atoms with van der Waals surface area (Å²) in [5.41, 5.74) is 2.74. The van der Waals surface area contributed by atoms with Gasteiger partial charge in [-0.05, 0) is 47.5 Å². The van der Waals surface area contributed by atoms with Gasteiger partial charge in [-0.25, -0.2) is 18.0 Å². The molecule has 0 spiro atoms. The van der Waals surface area contributed by atoms with Crippen LogP contribution >= 0.6 is 0 Å². The van der Waals surface area contributed by atoms with Gasteiger partial charge in [0.2, 0.25) is 0 Å². The molecule has 0 aliphatic carbocycles. The van der Waals surface area contributed by atoms with Crippen LogP contribution in [0.2, 0.25) is 0 Å². The molecule has 4 aromatic carbocycles. The van der Waals surface area contributed by atoms with Gasteiger partial charge in [-0.15, -0.1) is 0 Å². The second-order valence-corrected chi connectivity index (χ2v) is 10.5. The van der Waals surface area contributed by atoms with Crippen LogP contribution in [0.25, 0.3) is 27.7 Å². The molecule has 42 heavy (non-hydrogen) atoms. The fraction of sp³-hybridized carbons (Fsp3) is 0.176. The molecular weight excluding hydrogens is 541 g/mol. The number of halogens is 3. The Balaban J connectivity index is 1.88. The first-order valence-electron chi connectivity index (χ1n) is 13.2. The maximum atomic E-state index is 15.7. The smallest absolute Gasteiger partial charge is 0.337 e. The van der Waals surface area contributed by atoms with E-state index in [0.717, 1.165) is 17.7 Å². The molecular formula is C34H27F3N2O3. The number of esters is 1. The van der Waals surface area contributed by atoms with Gasteiger partial charge < -0.3 is 14.0 Å². The van der Waals surface area contributed by atoms with Crippen LogP contribution in [0.1, 0.15) is 41.9 Å². The van der Waals surface area contributed by atoms with E-state index in [1.165, 1.54) is 19.2 Å². The van der Waals surface area contributed by atoms with Crippen LogP contribution in [-0.4, -0.2) is 17.6 Å². The summed E-state index contributed by atoms with van der Waals surface area (Å²) in [7, 11) is 1.29. The Hall–Kier alpha value is -5.03. The molecule has 0 amide bonds. The minimum absolute atomic E-state index is 0.0289.